The summed E-state index contributed by atoms with van der Waals surface area (Å²) in [6, 6.07) is 3.88. The van der Waals surface area contributed by atoms with Crippen LogP contribution >= 0.6 is 0 Å². The average molecular weight is 283 g/mol. The fourth-order valence-corrected chi connectivity index (χ4v) is 2.72. The predicted molar refractivity (Wildman–Crippen MR) is 75.7 cm³/mol. The van der Waals surface area contributed by atoms with E-state index >= 15 is 0 Å². The van der Waals surface area contributed by atoms with Crippen molar-refractivity contribution in [2.45, 2.75) is 57.8 Å². The molecule has 0 aliphatic carbocycles. The minimum atomic E-state index is -0.532. The number of benzene rings is 1. The SMILES string of the molecule is CCCNC(Cc1ccc(F)cc1F)C1CCC(C)O1. The smallest absolute Gasteiger partial charge is 0.129 e. The quantitative estimate of drug-likeness (QED) is 0.863. The molecule has 1 aliphatic heterocycles. The maximum Gasteiger partial charge on any atom is 0.129 e. The summed E-state index contributed by atoms with van der Waals surface area (Å²) in [5, 5.41) is 3.44. The fraction of sp³-hybridized carbons (Fsp3) is 0.625. The molecule has 2 nitrogen and oxygen atoms in total. The van der Waals surface area contributed by atoms with E-state index in [0.717, 1.165) is 31.9 Å². The van der Waals surface area contributed by atoms with Crippen LogP contribution in [0.5, 0.6) is 0 Å². The van der Waals surface area contributed by atoms with Crippen LogP contribution in [0.1, 0.15) is 38.7 Å². The molecule has 1 heterocycles. The highest BCUT2D eigenvalue weighted by Crippen LogP contribution is 2.24. The maximum atomic E-state index is 13.8. The van der Waals surface area contributed by atoms with Crippen molar-refractivity contribution in [3.05, 3.63) is 35.4 Å². The molecule has 4 heteroatoms. The zero-order valence-electron chi connectivity index (χ0n) is 12.2. The molecule has 1 N–H and O–H groups in total. The first-order valence-electron chi connectivity index (χ1n) is 7.43. The van der Waals surface area contributed by atoms with Gasteiger partial charge in [-0.3, -0.25) is 0 Å². The van der Waals surface area contributed by atoms with Crippen molar-refractivity contribution in [1.82, 2.24) is 5.32 Å². The van der Waals surface area contributed by atoms with Gasteiger partial charge in [0, 0.05) is 12.1 Å². The van der Waals surface area contributed by atoms with Crippen molar-refractivity contribution in [2.24, 2.45) is 0 Å². The van der Waals surface area contributed by atoms with Crippen molar-refractivity contribution >= 4 is 0 Å². The zero-order valence-corrected chi connectivity index (χ0v) is 12.2. The van der Waals surface area contributed by atoms with Crippen LogP contribution in [-0.2, 0) is 11.2 Å². The van der Waals surface area contributed by atoms with E-state index in [4.69, 9.17) is 4.74 Å². The molecule has 0 saturated carbocycles. The highest BCUT2D eigenvalue weighted by atomic mass is 19.1. The molecule has 0 radical (unpaired) electrons. The van der Waals surface area contributed by atoms with Crippen LogP contribution in [0.25, 0.3) is 0 Å². The van der Waals surface area contributed by atoms with Crippen LogP contribution in [0.4, 0.5) is 8.78 Å². The molecule has 3 unspecified atom stereocenters. The topological polar surface area (TPSA) is 21.3 Å². The summed E-state index contributed by atoms with van der Waals surface area (Å²) < 4.78 is 32.6. The van der Waals surface area contributed by atoms with Gasteiger partial charge >= 0.3 is 0 Å². The van der Waals surface area contributed by atoms with Crippen LogP contribution in [0.3, 0.4) is 0 Å². The molecule has 0 spiro atoms. The van der Waals surface area contributed by atoms with Crippen molar-refractivity contribution in [1.29, 1.82) is 0 Å². The Labute approximate surface area is 119 Å². The van der Waals surface area contributed by atoms with E-state index in [1.54, 1.807) is 0 Å². The molecule has 0 amide bonds. The van der Waals surface area contributed by atoms with Crippen LogP contribution < -0.4 is 5.32 Å². The molecule has 2 rings (SSSR count). The molecule has 112 valence electrons. The third-order valence-corrected chi connectivity index (χ3v) is 3.83. The summed E-state index contributed by atoms with van der Waals surface area (Å²) in [5.74, 6) is -1.01. The first-order chi connectivity index (χ1) is 9.60. The first-order valence-corrected chi connectivity index (χ1v) is 7.43. The van der Waals surface area contributed by atoms with Gasteiger partial charge in [-0.2, -0.15) is 0 Å². The minimum absolute atomic E-state index is 0.0832. The summed E-state index contributed by atoms with van der Waals surface area (Å²) in [5.41, 5.74) is 0.545. The normalized spacial score (nSPS) is 24.0. The molecule has 0 bridgehead atoms. The van der Waals surface area contributed by atoms with Gasteiger partial charge in [-0.15, -0.1) is 0 Å². The zero-order chi connectivity index (χ0) is 14.5. The van der Waals surface area contributed by atoms with Crippen LogP contribution in [0.15, 0.2) is 18.2 Å². The molecular formula is C16H23F2NO. The Morgan fingerprint density at radius 1 is 1.35 bits per heavy atom. The second-order valence-corrected chi connectivity index (χ2v) is 5.56. The number of nitrogens with one attached hydrogen (secondary N) is 1. The molecule has 1 saturated heterocycles. The van der Waals surface area contributed by atoms with E-state index in [0.29, 0.717) is 12.0 Å². The van der Waals surface area contributed by atoms with Gasteiger partial charge in [0.25, 0.3) is 0 Å². The number of hydrogen-bond acceptors (Lipinski definition) is 2. The lowest BCUT2D eigenvalue weighted by atomic mass is 9.98. The van der Waals surface area contributed by atoms with E-state index in [-0.39, 0.29) is 18.2 Å². The monoisotopic (exact) mass is 283 g/mol. The summed E-state index contributed by atoms with van der Waals surface area (Å²) in [6.45, 7) is 5.04. The van der Waals surface area contributed by atoms with Gasteiger partial charge < -0.3 is 10.1 Å². The Morgan fingerprint density at radius 2 is 2.15 bits per heavy atom. The van der Waals surface area contributed by atoms with Crippen molar-refractivity contribution in [3.63, 3.8) is 0 Å². The van der Waals surface area contributed by atoms with Gasteiger partial charge in [0.2, 0.25) is 0 Å². The van der Waals surface area contributed by atoms with Crippen LogP contribution in [0.2, 0.25) is 0 Å². The largest absolute Gasteiger partial charge is 0.374 e. The van der Waals surface area contributed by atoms with Crippen molar-refractivity contribution < 1.29 is 13.5 Å². The third kappa shape index (κ3) is 4.00. The fourth-order valence-electron chi connectivity index (χ4n) is 2.72. The number of rotatable bonds is 6. The van der Waals surface area contributed by atoms with E-state index in [2.05, 4.69) is 19.2 Å². The number of halogens is 2. The Morgan fingerprint density at radius 3 is 2.75 bits per heavy atom. The summed E-state index contributed by atoms with van der Waals surface area (Å²) in [7, 11) is 0. The number of hydrogen-bond donors (Lipinski definition) is 1. The van der Waals surface area contributed by atoms with Gasteiger partial charge in [0.1, 0.15) is 11.6 Å². The molecule has 1 aromatic carbocycles. The predicted octanol–water partition coefficient (Wildman–Crippen LogP) is 3.44. The van der Waals surface area contributed by atoms with E-state index in [1.807, 2.05) is 0 Å². The van der Waals surface area contributed by atoms with Gasteiger partial charge in [0.05, 0.1) is 12.2 Å². The molecule has 1 aromatic rings. The molecule has 1 aliphatic rings. The van der Waals surface area contributed by atoms with Crippen molar-refractivity contribution in [2.75, 3.05) is 6.54 Å². The molecule has 20 heavy (non-hydrogen) atoms. The molecule has 3 atom stereocenters. The minimum Gasteiger partial charge on any atom is -0.374 e. The Balaban J connectivity index is 2.06. The Kier molecular flexibility index (Phi) is 5.49. The van der Waals surface area contributed by atoms with E-state index in [1.165, 1.54) is 12.1 Å². The average Bonchev–Trinajstić information content (AvgIpc) is 2.83. The lowest BCUT2D eigenvalue weighted by Crippen LogP contribution is -2.42. The lowest BCUT2D eigenvalue weighted by Gasteiger charge is -2.25. The number of ether oxygens (including phenoxy) is 1. The maximum absolute atomic E-state index is 13.8. The molecular weight excluding hydrogens is 260 g/mol. The third-order valence-electron chi connectivity index (χ3n) is 3.83. The van der Waals surface area contributed by atoms with Crippen molar-refractivity contribution in [3.8, 4) is 0 Å². The van der Waals surface area contributed by atoms with E-state index < -0.39 is 11.6 Å². The van der Waals surface area contributed by atoms with Gasteiger partial charge in [-0.25, -0.2) is 8.78 Å². The first kappa shape index (κ1) is 15.4. The Bertz CT molecular complexity index is 438. The summed E-state index contributed by atoms with van der Waals surface area (Å²) in [6.07, 6.45) is 3.96. The van der Waals surface area contributed by atoms with Gasteiger partial charge in [0.15, 0.2) is 0 Å². The van der Waals surface area contributed by atoms with Crippen LogP contribution in [-0.4, -0.2) is 24.8 Å². The highest BCUT2D eigenvalue weighted by Gasteiger charge is 2.29. The second kappa shape index (κ2) is 7.14. The standard InChI is InChI=1S/C16H23F2NO/c1-3-8-19-15(16-7-4-11(2)20-16)9-12-5-6-13(17)10-14(12)18/h5-6,10-11,15-16,19H,3-4,7-9H2,1-2H3. The summed E-state index contributed by atoms with van der Waals surface area (Å²) in [4.78, 5) is 0. The molecule has 1 fully saturated rings. The van der Waals surface area contributed by atoms with E-state index in [9.17, 15) is 8.78 Å². The molecule has 0 aromatic heterocycles. The van der Waals surface area contributed by atoms with Gasteiger partial charge in [-0.1, -0.05) is 13.0 Å². The Hall–Kier alpha value is -1.00. The second-order valence-electron chi connectivity index (χ2n) is 5.56. The van der Waals surface area contributed by atoms with Crippen LogP contribution in [0, 0.1) is 11.6 Å². The lowest BCUT2D eigenvalue weighted by molar-refractivity contribution is 0.0319. The summed E-state index contributed by atoms with van der Waals surface area (Å²) >= 11 is 0. The highest BCUT2D eigenvalue weighted by molar-refractivity contribution is 5.20. The van der Waals surface area contributed by atoms with Gasteiger partial charge in [-0.05, 0) is 50.8 Å².